The molecule has 2 unspecified atom stereocenters. The van der Waals surface area contributed by atoms with Crippen molar-refractivity contribution in [1.82, 2.24) is 5.32 Å². The molecule has 0 saturated carbocycles. The van der Waals surface area contributed by atoms with Crippen LogP contribution in [-0.2, 0) is 11.2 Å². The summed E-state index contributed by atoms with van der Waals surface area (Å²) >= 11 is 0. The third-order valence-electron chi connectivity index (χ3n) is 3.01. The number of nitrogens with one attached hydrogen (secondary N) is 1. The quantitative estimate of drug-likeness (QED) is 0.741. The van der Waals surface area contributed by atoms with Crippen LogP contribution in [0, 0.1) is 6.92 Å². The monoisotopic (exact) mass is 251 g/mol. The molecule has 102 valence electrons. The van der Waals surface area contributed by atoms with E-state index in [1.54, 1.807) is 7.11 Å². The maximum absolute atomic E-state index is 9.53. The fourth-order valence-electron chi connectivity index (χ4n) is 1.94. The standard InChI is InChI=1S/C15H25NO2/c1-12-5-4-6-14(9-12)8-7-13(2)16-10-15(17)11-18-3/h4-6,9,13,15-17H,7-8,10-11H2,1-3H3. The summed E-state index contributed by atoms with van der Waals surface area (Å²) in [4.78, 5) is 0. The summed E-state index contributed by atoms with van der Waals surface area (Å²) in [6.07, 6.45) is 1.72. The van der Waals surface area contributed by atoms with Crippen LogP contribution in [0.5, 0.6) is 0 Å². The molecule has 3 nitrogen and oxygen atoms in total. The number of rotatable bonds is 8. The normalized spacial score (nSPS) is 14.4. The lowest BCUT2D eigenvalue weighted by Crippen LogP contribution is -2.36. The highest BCUT2D eigenvalue weighted by Crippen LogP contribution is 2.08. The molecule has 0 aliphatic heterocycles. The molecule has 0 aromatic heterocycles. The van der Waals surface area contributed by atoms with Crippen LogP contribution in [0.25, 0.3) is 0 Å². The SMILES string of the molecule is COCC(O)CNC(C)CCc1cccc(C)c1. The van der Waals surface area contributed by atoms with Gasteiger partial charge in [-0.2, -0.15) is 0 Å². The van der Waals surface area contributed by atoms with Crippen LogP contribution in [-0.4, -0.2) is 37.5 Å². The molecule has 0 radical (unpaired) electrons. The molecule has 2 atom stereocenters. The lowest BCUT2D eigenvalue weighted by molar-refractivity contribution is 0.0629. The fourth-order valence-corrected chi connectivity index (χ4v) is 1.94. The number of methoxy groups -OCH3 is 1. The molecule has 1 rings (SSSR count). The second-order valence-electron chi connectivity index (χ2n) is 4.95. The first kappa shape index (κ1) is 15.2. The van der Waals surface area contributed by atoms with Crippen molar-refractivity contribution >= 4 is 0 Å². The van der Waals surface area contributed by atoms with Crippen LogP contribution in [0.3, 0.4) is 0 Å². The third-order valence-corrected chi connectivity index (χ3v) is 3.01. The number of aliphatic hydroxyl groups is 1. The number of ether oxygens (including phenoxy) is 1. The second-order valence-corrected chi connectivity index (χ2v) is 4.95. The Morgan fingerprint density at radius 3 is 2.83 bits per heavy atom. The van der Waals surface area contributed by atoms with Crippen LogP contribution in [0.1, 0.15) is 24.5 Å². The van der Waals surface area contributed by atoms with Crippen molar-refractivity contribution in [3.05, 3.63) is 35.4 Å². The minimum atomic E-state index is -0.420. The molecule has 2 N–H and O–H groups in total. The van der Waals surface area contributed by atoms with Gasteiger partial charge in [0.1, 0.15) is 0 Å². The summed E-state index contributed by atoms with van der Waals surface area (Å²) in [7, 11) is 1.60. The first-order chi connectivity index (χ1) is 8.61. The predicted octanol–water partition coefficient (Wildman–Crippen LogP) is 1.91. The lowest BCUT2D eigenvalue weighted by atomic mass is 10.0. The number of aliphatic hydroxyl groups excluding tert-OH is 1. The smallest absolute Gasteiger partial charge is 0.0897 e. The molecule has 0 aliphatic carbocycles. The van der Waals surface area contributed by atoms with Crippen LogP contribution in [0.2, 0.25) is 0 Å². The van der Waals surface area contributed by atoms with Gasteiger partial charge >= 0.3 is 0 Å². The molecular formula is C15H25NO2. The molecule has 0 heterocycles. The maximum atomic E-state index is 9.53. The molecule has 0 bridgehead atoms. The molecule has 0 spiro atoms. The van der Waals surface area contributed by atoms with E-state index in [-0.39, 0.29) is 0 Å². The van der Waals surface area contributed by atoms with Gasteiger partial charge in [-0.05, 0) is 32.3 Å². The highest BCUT2D eigenvalue weighted by atomic mass is 16.5. The van der Waals surface area contributed by atoms with Gasteiger partial charge in [-0.1, -0.05) is 29.8 Å². The zero-order chi connectivity index (χ0) is 13.4. The van der Waals surface area contributed by atoms with E-state index in [0.29, 0.717) is 19.2 Å². The topological polar surface area (TPSA) is 41.5 Å². The highest BCUT2D eigenvalue weighted by Gasteiger charge is 2.06. The average molecular weight is 251 g/mol. The first-order valence-electron chi connectivity index (χ1n) is 6.57. The summed E-state index contributed by atoms with van der Waals surface area (Å²) < 4.78 is 4.89. The Morgan fingerprint density at radius 1 is 1.39 bits per heavy atom. The maximum Gasteiger partial charge on any atom is 0.0897 e. The molecule has 1 aromatic rings. The summed E-state index contributed by atoms with van der Waals surface area (Å²) in [5.41, 5.74) is 2.68. The minimum absolute atomic E-state index is 0.387. The molecule has 0 aliphatic rings. The van der Waals surface area contributed by atoms with Gasteiger partial charge in [0.05, 0.1) is 12.7 Å². The van der Waals surface area contributed by atoms with Gasteiger partial charge < -0.3 is 15.2 Å². The van der Waals surface area contributed by atoms with Crippen LogP contribution >= 0.6 is 0 Å². The van der Waals surface area contributed by atoms with Crippen molar-refractivity contribution < 1.29 is 9.84 Å². The molecule has 0 amide bonds. The van der Waals surface area contributed by atoms with Gasteiger partial charge in [0.15, 0.2) is 0 Å². The second kappa shape index (κ2) is 8.25. The highest BCUT2D eigenvalue weighted by molar-refractivity contribution is 5.22. The van der Waals surface area contributed by atoms with Crippen molar-refractivity contribution in [3.8, 4) is 0 Å². The van der Waals surface area contributed by atoms with Crippen molar-refractivity contribution in [1.29, 1.82) is 0 Å². The largest absolute Gasteiger partial charge is 0.389 e. The van der Waals surface area contributed by atoms with Gasteiger partial charge in [-0.25, -0.2) is 0 Å². The van der Waals surface area contributed by atoms with Crippen LogP contribution in [0.15, 0.2) is 24.3 Å². The Morgan fingerprint density at radius 2 is 2.17 bits per heavy atom. The van der Waals surface area contributed by atoms with E-state index < -0.39 is 6.10 Å². The third kappa shape index (κ3) is 6.15. The van der Waals surface area contributed by atoms with Crippen molar-refractivity contribution in [2.45, 2.75) is 38.8 Å². The number of benzene rings is 1. The van der Waals surface area contributed by atoms with E-state index in [2.05, 4.69) is 43.4 Å². The summed E-state index contributed by atoms with van der Waals surface area (Å²) in [6.45, 7) is 5.24. The zero-order valence-corrected chi connectivity index (χ0v) is 11.6. The van der Waals surface area contributed by atoms with Gasteiger partial charge in [0.25, 0.3) is 0 Å². The van der Waals surface area contributed by atoms with E-state index in [9.17, 15) is 5.11 Å². The van der Waals surface area contributed by atoms with Crippen molar-refractivity contribution in [2.75, 3.05) is 20.3 Å². The van der Waals surface area contributed by atoms with Gasteiger partial charge in [0, 0.05) is 19.7 Å². The molecular weight excluding hydrogens is 226 g/mol. The predicted molar refractivity (Wildman–Crippen MR) is 74.8 cm³/mol. The average Bonchev–Trinajstić information content (AvgIpc) is 2.34. The summed E-state index contributed by atoms with van der Waals surface area (Å²) in [6, 6.07) is 9.01. The Balaban J connectivity index is 2.22. The van der Waals surface area contributed by atoms with Crippen LogP contribution < -0.4 is 5.32 Å². The first-order valence-corrected chi connectivity index (χ1v) is 6.57. The zero-order valence-electron chi connectivity index (χ0n) is 11.6. The number of aryl methyl sites for hydroxylation is 2. The molecule has 18 heavy (non-hydrogen) atoms. The van der Waals surface area contributed by atoms with E-state index in [0.717, 1.165) is 12.8 Å². The van der Waals surface area contributed by atoms with Gasteiger partial charge in [-0.15, -0.1) is 0 Å². The summed E-state index contributed by atoms with van der Waals surface area (Å²) in [5, 5.41) is 12.9. The van der Waals surface area contributed by atoms with Crippen molar-refractivity contribution in [2.24, 2.45) is 0 Å². The van der Waals surface area contributed by atoms with Crippen molar-refractivity contribution in [3.63, 3.8) is 0 Å². The van der Waals surface area contributed by atoms with E-state index in [1.165, 1.54) is 11.1 Å². The summed E-state index contributed by atoms with van der Waals surface area (Å²) in [5.74, 6) is 0. The molecule has 0 fully saturated rings. The fraction of sp³-hybridized carbons (Fsp3) is 0.600. The minimum Gasteiger partial charge on any atom is -0.389 e. The molecule has 3 heteroatoms. The number of hydrogen-bond acceptors (Lipinski definition) is 3. The van der Waals surface area contributed by atoms with Crippen LogP contribution in [0.4, 0.5) is 0 Å². The Labute approximate surface area is 110 Å². The van der Waals surface area contributed by atoms with E-state index >= 15 is 0 Å². The lowest BCUT2D eigenvalue weighted by Gasteiger charge is -2.16. The van der Waals surface area contributed by atoms with E-state index in [1.807, 2.05) is 0 Å². The van der Waals surface area contributed by atoms with E-state index in [4.69, 9.17) is 4.74 Å². The van der Waals surface area contributed by atoms with Gasteiger partial charge in [0.2, 0.25) is 0 Å². The molecule has 0 saturated heterocycles. The number of hydrogen-bond donors (Lipinski definition) is 2. The Bertz CT molecular complexity index is 341. The molecule has 1 aromatic carbocycles. The Kier molecular flexibility index (Phi) is 6.94. The Hall–Kier alpha value is -0.900. The van der Waals surface area contributed by atoms with Gasteiger partial charge in [-0.3, -0.25) is 0 Å².